The molecule has 0 radical (unpaired) electrons. The smallest absolute Gasteiger partial charge is 0.310 e. The summed E-state index contributed by atoms with van der Waals surface area (Å²) in [5.74, 6) is -0.437. The number of halogens is 1. The zero-order valence-corrected chi connectivity index (χ0v) is 17.6. The summed E-state index contributed by atoms with van der Waals surface area (Å²) in [7, 11) is 0. The van der Waals surface area contributed by atoms with Gasteiger partial charge in [0.15, 0.2) is 0 Å². The van der Waals surface area contributed by atoms with Crippen LogP contribution in [0.1, 0.15) is 23.7 Å². The quantitative estimate of drug-likeness (QED) is 0.402. The molecule has 0 saturated carbocycles. The molecule has 6 nitrogen and oxygen atoms in total. The van der Waals surface area contributed by atoms with Crippen molar-refractivity contribution in [2.24, 2.45) is 5.73 Å². The fraction of sp³-hybridized carbons (Fsp3) is 0.200. The number of ether oxygens (including phenoxy) is 2. The molecule has 2 N–H and O–H groups in total. The Hall–Kier alpha value is -3.71. The molecule has 0 aliphatic rings. The van der Waals surface area contributed by atoms with Crippen LogP contribution in [0.5, 0.6) is 5.75 Å². The van der Waals surface area contributed by atoms with Gasteiger partial charge in [0, 0.05) is 29.3 Å². The molecule has 0 amide bonds. The minimum Gasteiger partial charge on any atom is -0.489 e. The first kappa shape index (κ1) is 21.5. The highest BCUT2D eigenvalue weighted by Crippen LogP contribution is 2.32. The van der Waals surface area contributed by atoms with E-state index in [4.69, 9.17) is 19.6 Å². The third kappa shape index (κ3) is 4.78. The molecule has 2 heterocycles. The number of aromatic nitrogens is 1. The molecule has 0 aliphatic heterocycles. The fourth-order valence-corrected chi connectivity index (χ4v) is 3.55. The molecule has 0 fully saturated rings. The molecule has 4 aromatic rings. The standard InChI is InChI=1S/C25H23FN2O4/c1-2-30-24(29)13-19-11-20(26)3-4-23(19)32-15-16-9-18-6-8-31-25(18)22(10-16)17-5-7-28-21(12-17)14-27/h3-12H,2,13-15,27H2,1H3. The minimum atomic E-state index is -0.438. The van der Waals surface area contributed by atoms with Crippen molar-refractivity contribution in [3.8, 4) is 16.9 Å². The summed E-state index contributed by atoms with van der Waals surface area (Å²) in [6.45, 7) is 2.55. The van der Waals surface area contributed by atoms with Crippen molar-refractivity contribution in [2.75, 3.05) is 6.61 Å². The molecular weight excluding hydrogens is 411 g/mol. The van der Waals surface area contributed by atoms with Crippen LogP contribution >= 0.6 is 0 Å². The van der Waals surface area contributed by atoms with Gasteiger partial charge in [0.05, 0.1) is 25.0 Å². The number of furan rings is 1. The lowest BCUT2D eigenvalue weighted by molar-refractivity contribution is -0.142. The van der Waals surface area contributed by atoms with E-state index in [1.807, 2.05) is 30.3 Å². The van der Waals surface area contributed by atoms with Gasteiger partial charge < -0.3 is 19.6 Å². The summed E-state index contributed by atoms with van der Waals surface area (Å²) in [4.78, 5) is 16.2. The third-order valence-electron chi connectivity index (χ3n) is 5.00. The zero-order chi connectivity index (χ0) is 22.5. The lowest BCUT2D eigenvalue weighted by Gasteiger charge is -2.13. The third-order valence-corrected chi connectivity index (χ3v) is 5.00. The lowest BCUT2D eigenvalue weighted by atomic mass is 10.0. The summed E-state index contributed by atoms with van der Waals surface area (Å²) >= 11 is 0. The normalized spacial score (nSPS) is 11.0. The molecule has 7 heteroatoms. The summed E-state index contributed by atoms with van der Waals surface area (Å²) in [6, 6.07) is 13.8. The van der Waals surface area contributed by atoms with E-state index in [-0.39, 0.29) is 19.6 Å². The molecule has 0 spiro atoms. The number of fused-ring (bicyclic) bond motifs is 1. The van der Waals surface area contributed by atoms with Crippen LogP contribution in [0.4, 0.5) is 4.39 Å². The number of pyridine rings is 1. The molecule has 0 atom stereocenters. The molecule has 0 saturated heterocycles. The summed E-state index contributed by atoms with van der Waals surface area (Å²) in [5.41, 5.74) is 10.4. The second-order valence-corrected chi connectivity index (χ2v) is 7.24. The van der Waals surface area contributed by atoms with E-state index in [2.05, 4.69) is 4.98 Å². The van der Waals surface area contributed by atoms with E-state index in [0.717, 1.165) is 33.4 Å². The average Bonchev–Trinajstić information content (AvgIpc) is 3.27. The highest BCUT2D eigenvalue weighted by molar-refractivity contribution is 5.93. The monoisotopic (exact) mass is 434 g/mol. The topological polar surface area (TPSA) is 87.6 Å². The van der Waals surface area contributed by atoms with Crippen molar-refractivity contribution in [1.82, 2.24) is 4.98 Å². The summed E-state index contributed by atoms with van der Waals surface area (Å²) in [5, 5.41) is 0.929. The molecular formula is C25H23FN2O4. The van der Waals surface area contributed by atoms with Crippen LogP contribution in [0.25, 0.3) is 22.1 Å². The number of rotatable bonds is 8. The number of nitrogens with zero attached hydrogens (tertiary/aromatic N) is 1. The predicted molar refractivity (Wildman–Crippen MR) is 118 cm³/mol. The predicted octanol–water partition coefficient (Wildman–Crippen LogP) is 4.78. The first-order valence-corrected chi connectivity index (χ1v) is 10.3. The Morgan fingerprint density at radius 2 is 2.03 bits per heavy atom. The van der Waals surface area contributed by atoms with Crippen LogP contribution in [0.15, 0.2) is 65.4 Å². The Morgan fingerprint density at radius 3 is 2.84 bits per heavy atom. The number of carbonyl (C=O) groups is 1. The largest absolute Gasteiger partial charge is 0.489 e. The number of hydrogen-bond acceptors (Lipinski definition) is 6. The summed E-state index contributed by atoms with van der Waals surface area (Å²) < 4.78 is 30.4. The first-order valence-electron chi connectivity index (χ1n) is 10.3. The molecule has 0 unspecified atom stereocenters. The highest BCUT2D eigenvalue weighted by atomic mass is 19.1. The number of carbonyl (C=O) groups excluding carboxylic acids is 1. The van der Waals surface area contributed by atoms with E-state index in [0.29, 0.717) is 17.9 Å². The van der Waals surface area contributed by atoms with Crippen molar-refractivity contribution < 1.29 is 23.1 Å². The maximum atomic E-state index is 13.8. The van der Waals surface area contributed by atoms with Crippen molar-refractivity contribution in [1.29, 1.82) is 0 Å². The van der Waals surface area contributed by atoms with Crippen molar-refractivity contribution >= 4 is 16.9 Å². The Kier molecular flexibility index (Phi) is 6.47. The maximum absolute atomic E-state index is 13.8. The molecule has 2 aromatic carbocycles. The van der Waals surface area contributed by atoms with E-state index < -0.39 is 11.8 Å². The van der Waals surface area contributed by atoms with Gasteiger partial charge in [-0.2, -0.15) is 0 Å². The number of esters is 1. The van der Waals surface area contributed by atoms with Crippen LogP contribution in [0, 0.1) is 5.82 Å². The molecule has 4 rings (SSSR count). The van der Waals surface area contributed by atoms with Gasteiger partial charge in [0.2, 0.25) is 0 Å². The number of nitrogens with two attached hydrogens (primary N) is 1. The minimum absolute atomic E-state index is 0.0637. The van der Waals surface area contributed by atoms with Gasteiger partial charge in [-0.3, -0.25) is 9.78 Å². The van der Waals surface area contributed by atoms with Crippen LogP contribution in [-0.2, 0) is 29.1 Å². The highest BCUT2D eigenvalue weighted by Gasteiger charge is 2.14. The van der Waals surface area contributed by atoms with Crippen molar-refractivity contribution in [3.63, 3.8) is 0 Å². The second kappa shape index (κ2) is 9.62. The average molecular weight is 434 g/mol. The maximum Gasteiger partial charge on any atom is 0.310 e. The first-order chi connectivity index (χ1) is 15.6. The lowest BCUT2D eigenvalue weighted by Crippen LogP contribution is -2.09. The number of benzene rings is 2. The van der Waals surface area contributed by atoms with Gasteiger partial charge in [-0.1, -0.05) is 0 Å². The molecule has 2 aromatic heterocycles. The van der Waals surface area contributed by atoms with E-state index in [9.17, 15) is 9.18 Å². The summed E-state index contributed by atoms with van der Waals surface area (Å²) in [6.07, 6.45) is 3.29. The van der Waals surface area contributed by atoms with Gasteiger partial charge in [0.25, 0.3) is 0 Å². The SMILES string of the molecule is CCOC(=O)Cc1cc(F)ccc1OCc1cc(-c2ccnc(CN)c2)c2occc2c1. The van der Waals surface area contributed by atoms with E-state index in [1.54, 1.807) is 19.4 Å². The van der Waals surface area contributed by atoms with Gasteiger partial charge in [0.1, 0.15) is 23.8 Å². The van der Waals surface area contributed by atoms with Gasteiger partial charge in [-0.05, 0) is 66.6 Å². The molecule has 32 heavy (non-hydrogen) atoms. The van der Waals surface area contributed by atoms with Crippen LogP contribution in [0.2, 0.25) is 0 Å². The van der Waals surface area contributed by atoms with Crippen LogP contribution in [0.3, 0.4) is 0 Å². The van der Waals surface area contributed by atoms with Gasteiger partial charge in [-0.15, -0.1) is 0 Å². The van der Waals surface area contributed by atoms with Gasteiger partial charge in [-0.25, -0.2) is 4.39 Å². The zero-order valence-electron chi connectivity index (χ0n) is 17.6. The molecule has 0 bridgehead atoms. The van der Waals surface area contributed by atoms with E-state index in [1.165, 1.54) is 18.2 Å². The number of hydrogen-bond donors (Lipinski definition) is 1. The molecule has 164 valence electrons. The molecule has 0 aliphatic carbocycles. The Morgan fingerprint density at radius 1 is 1.16 bits per heavy atom. The van der Waals surface area contributed by atoms with Crippen molar-refractivity contribution in [2.45, 2.75) is 26.5 Å². The van der Waals surface area contributed by atoms with Crippen molar-refractivity contribution in [3.05, 3.63) is 83.6 Å². The van der Waals surface area contributed by atoms with Gasteiger partial charge >= 0.3 is 5.97 Å². The Labute approximate surface area is 184 Å². The fourth-order valence-electron chi connectivity index (χ4n) is 3.55. The van der Waals surface area contributed by atoms with Crippen LogP contribution < -0.4 is 10.5 Å². The Bertz CT molecular complexity index is 1250. The van der Waals surface area contributed by atoms with Crippen LogP contribution in [-0.4, -0.2) is 17.6 Å². The second-order valence-electron chi connectivity index (χ2n) is 7.24. The Balaban J connectivity index is 1.63. The van der Waals surface area contributed by atoms with E-state index >= 15 is 0 Å².